The zero-order chi connectivity index (χ0) is 32.0. The molecule has 10 heteroatoms. The highest BCUT2D eigenvalue weighted by molar-refractivity contribution is 6.04. The molecule has 4 fully saturated rings. The average molecular weight is 631 g/mol. The molecule has 9 nitrogen and oxygen atoms in total. The number of halogens is 1. The summed E-state index contributed by atoms with van der Waals surface area (Å²) in [5.41, 5.74) is 2.70. The van der Waals surface area contributed by atoms with E-state index in [9.17, 15) is 19.1 Å². The van der Waals surface area contributed by atoms with Crippen LogP contribution in [0.25, 0.3) is 11.0 Å². The summed E-state index contributed by atoms with van der Waals surface area (Å²) >= 11 is 0. The molecule has 2 aromatic carbocycles. The number of piperidine rings is 1. The van der Waals surface area contributed by atoms with Gasteiger partial charge in [0, 0.05) is 49.2 Å². The smallest absolute Gasteiger partial charge is 0.257 e. The number of aliphatic hydroxyl groups is 1. The summed E-state index contributed by atoms with van der Waals surface area (Å²) in [6.45, 7) is 8.31. The molecule has 4 aliphatic rings. The number of nitrogens with zero attached hydrogens (tertiary/aromatic N) is 4. The number of aromatic nitrogens is 2. The van der Waals surface area contributed by atoms with E-state index in [1.54, 1.807) is 0 Å². The Morgan fingerprint density at radius 1 is 0.935 bits per heavy atom. The second-order valence-corrected chi connectivity index (χ2v) is 14.6. The number of hydrogen-bond donors (Lipinski definition) is 3. The van der Waals surface area contributed by atoms with Gasteiger partial charge in [0.1, 0.15) is 5.82 Å². The highest BCUT2D eigenvalue weighted by Crippen LogP contribution is 2.40. The lowest BCUT2D eigenvalue weighted by Crippen LogP contribution is -2.55. The number of carbonyl (C=O) groups is 2. The lowest BCUT2D eigenvalue weighted by atomic mass is 9.83. The normalized spacial score (nSPS) is 26.0. The van der Waals surface area contributed by atoms with Crippen molar-refractivity contribution >= 4 is 28.8 Å². The molecule has 0 radical (unpaired) electrons. The van der Waals surface area contributed by atoms with E-state index in [1.165, 1.54) is 29.8 Å². The fourth-order valence-electron chi connectivity index (χ4n) is 8.46. The van der Waals surface area contributed by atoms with Gasteiger partial charge in [-0.25, -0.2) is 9.37 Å². The van der Waals surface area contributed by atoms with Crippen LogP contribution in [0, 0.1) is 17.7 Å². The maximum atomic E-state index is 13.7. The van der Waals surface area contributed by atoms with Crippen LogP contribution in [0.15, 0.2) is 42.5 Å². The van der Waals surface area contributed by atoms with Crippen molar-refractivity contribution in [2.24, 2.45) is 11.8 Å². The van der Waals surface area contributed by atoms with Crippen molar-refractivity contribution < 1.29 is 19.1 Å². The maximum Gasteiger partial charge on any atom is 0.257 e. The Balaban J connectivity index is 1.12. The topological polar surface area (TPSA) is 103 Å². The van der Waals surface area contributed by atoms with Gasteiger partial charge in [-0.05, 0) is 126 Å². The summed E-state index contributed by atoms with van der Waals surface area (Å²) in [6, 6.07) is 12.6. The van der Waals surface area contributed by atoms with E-state index in [2.05, 4.69) is 37.1 Å². The molecular weight excluding hydrogens is 583 g/mol. The van der Waals surface area contributed by atoms with Gasteiger partial charge in [0.05, 0.1) is 16.6 Å². The summed E-state index contributed by atoms with van der Waals surface area (Å²) in [6.07, 6.45) is 7.42. The van der Waals surface area contributed by atoms with Gasteiger partial charge < -0.3 is 19.9 Å². The van der Waals surface area contributed by atoms with Crippen LogP contribution in [0.1, 0.15) is 87.2 Å². The first-order valence-electron chi connectivity index (χ1n) is 17.2. The maximum absolute atomic E-state index is 13.7. The Labute approximate surface area is 270 Å². The summed E-state index contributed by atoms with van der Waals surface area (Å²) in [5.74, 6) is 0.437. The standard InChI is InChI=1S/C36H47FN6O3/c1-36(2,46)26-15-17-41(18-16-26)22-23-3-14-31-32(19-23)43(35(39-31)40-33(44)24-4-8-27(37)9-5-24)28-10-6-25(7-11-28)34(45)42-29-12-13-30(42)21-38-20-29/h3-5,8-9,14,19,25-26,28-30,38,46H,6-7,10-13,15-18,20-22H2,1-2H3,(H,39,40,44)/t25?,28?,29-,30?/m0/s1. The number of amides is 2. The molecular formula is C36H47FN6O3. The second-order valence-electron chi connectivity index (χ2n) is 14.6. The Morgan fingerprint density at radius 2 is 1.59 bits per heavy atom. The molecule has 7 rings (SSSR count). The summed E-state index contributed by atoms with van der Waals surface area (Å²) < 4.78 is 15.7. The summed E-state index contributed by atoms with van der Waals surface area (Å²) in [5, 5.41) is 17.0. The van der Waals surface area contributed by atoms with E-state index in [4.69, 9.17) is 4.98 Å². The van der Waals surface area contributed by atoms with Crippen LogP contribution in [0.2, 0.25) is 0 Å². The van der Waals surface area contributed by atoms with E-state index >= 15 is 0 Å². The Bertz CT molecular complexity index is 1550. The minimum Gasteiger partial charge on any atom is -0.390 e. The van der Waals surface area contributed by atoms with Crippen molar-refractivity contribution in [1.29, 1.82) is 0 Å². The molecule has 2 amide bonds. The first-order chi connectivity index (χ1) is 22.1. The first-order valence-corrected chi connectivity index (χ1v) is 17.2. The van der Waals surface area contributed by atoms with Gasteiger partial charge in [-0.1, -0.05) is 6.07 Å². The van der Waals surface area contributed by atoms with Crippen molar-refractivity contribution in [3.05, 3.63) is 59.4 Å². The van der Waals surface area contributed by atoms with Crippen molar-refractivity contribution in [2.45, 2.75) is 95.5 Å². The van der Waals surface area contributed by atoms with E-state index in [0.717, 1.165) is 95.1 Å². The Morgan fingerprint density at radius 3 is 2.24 bits per heavy atom. The molecule has 1 aliphatic carbocycles. The van der Waals surface area contributed by atoms with Gasteiger partial charge in [-0.2, -0.15) is 0 Å². The highest BCUT2D eigenvalue weighted by atomic mass is 19.1. The molecule has 3 aliphatic heterocycles. The fraction of sp³-hybridized carbons (Fsp3) is 0.583. The molecule has 246 valence electrons. The fourth-order valence-corrected chi connectivity index (χ4v) is 8.46. The SMILES string of the molecule is CC(C)(O)C1CCN(Cc2ccc3nc(NC(=O)c4ccc(F)cc4)n(C4CCC(C(=O)N5C6CC[C@H]5CNC6)CC4)c3c2)CC1. The van der Waals surface area contributed by atoms with Crippen molar-refractivity contribution in [2.75, 3.05) is 31.5 Å². The van der Waals surface area contributed by atoms with Crippen LogP contribution < -0.4 is 10.6 Å². The predicted octanol–water partition coefficient (Wildman–Crippen LogP) is 5.10. The molecule has 3 saturated heterocycles. The number of nitrogens with one attached hydrogen (secondary N) is 2. The number of fused-ring (bicyclic) bond motifs is 3. The lowest BCUT2D eigenvalue weighted by Gasteiger charge is -2.39. The van der Waals surface area contributed by atoms with Crippen LogP contribution in [0.4, 0.5) is 10.3 Å². The minimum absolute atomic E-state index is 0.0341. The monoisotopic (exact) mass is 630 g/mol. The summed E-state index contributed by atoms with van der Waals surface area (Å²) in [4.78, 5) is 36.5. The molecule has 2 atom stereocenters. The second kappa shape index (κ2) is 12.7. The zero-order valence-corrected chi connectivity index (χ0v) is 27.1. The van der Waals surface area contributed by atoms with Crippen LogP contribution in [0.3, 0.4) is 0 Å². The van der Waals surface area contributed by atoms with E-state index in [1.807, 2.05) is 19.9 Å². The van der Waals surface area contributed by atoms with Gasteiger partial charge in [0.2, 0.25) is 11.9 Å². The number of piperazine rings is 1. The Kier molecular flexibility index (Phi) is 8.63. The number of carbonyl (C=O) groups excluding carboxylic acids is 2. The van der Waals surface area contributed by atoms with Gasteiger partial charge in [0.15, 0.2) is 0 Å². The van der Waals surface area contributed by atoms with Crippen LogP contribution in [-0.4, -0.2) is 80.1 Å². The third kappa shape index (κ3) is 6.31. The molecule has 4 heterocycles. The molecule has 0 spiro atoms. The largest absolute Gasteiger partial charge is 0.390 e. The average Bonchev–Trinajstić information content (AvgIpc) is 3.52. The van der Waals surface area contributed by atoms with E-state index in [-0.39, 0.29) is 23.7 Å². The zero-order valence-electron chi connectivity index (χ0n) is 27.1. The van der Waals surface area contributed by atoms with Crippen molar-refractivity contribution in [1.82, 2.24) is 24.7 Å². The number of imidazole rings is 1. The number of benzene rings is 2. The molecule has 2 bridgehead atoms. The van der Waals surface area contributed by atoms with Gasteiger partial charge in [-0.15, -0.1) is 0 Å². The molecule has 1 aromatic heterocycles. The molecule has 3 aromatic rings. The number of hydrogen-bond acceptors (Lipinski definition) is 6. The van der Waals surface area contributed by atoms with E-state index < -0.39 is 5.60 Å². The third-order valence-electron chi connectivity index (χ3n) is 11.1. The summed E-state index contributed by atoms with van der Waals surface area (Å²) in [7, 11) is 0. The quantitative estimate of drug-likeness (QED) is 0.336. The minimum atomic E-state index is -0.652. The lowest BCUT2D eigenvalue weighted by molar-refractivity contribution is -0.140. The van der Waals surface area contributed by atoms with Gasteiger partial charge in [-0.3, -0.25) is 19.8 Å². The third-order valence-corrected chi connectivity index (χ3v) is 11.1. The van der Waals surface area contributed by atoms with Crippen LogP contribution in [-0.2, 0) is 11.3 Å². The molecule has 3 N–H and O–H groups in total. The van der Waals surface area contributed by atoms with E-state index in [0.29, 0.717) is 35.4 Å². The molecule has 1 saturated carbocycles. The van der Waals surface area contributed by atoms with Crippen molar-refractivity contribution in [3.8, 4) is 0 Å². The van der Waals surface area contributed by atoms with Crippen LogP contribution in [0.5, 0.6) is 0 Å². The molecule has 1 unspecified atom stereocenters. The Hall–Kier alpha value is -3.34. The number of anilines is 1. The highest BCUT2D eigenvalue weighted by Gasteiger charge is 2.42. The first kappa shape index (κ1) is 31.3. The van der Waals surface area contributed by atoms with Crippen LogP contribution >= 0.6 is 0 Å². The van der Waals surface area contributed by atoms with Crippen molar-refractivity contribution in [3.63, 3.8) is 0 Å². The predicted molar refractivity (Wildman–Crippen MR) is 176 cm³/mol. The number of rotatable bonds is 7. The number of likely N-dealkylation sites (tertiary alicyclic amines) is 1. The molecule has 46 heavy (non-hydrogen) atoms. The van der Waals surface area contributed by atoms with Gasteiger partial charge >= 0.3 is 0 Å². The van der Waals surface area contributed by atoms with Gasteiger partial charge in [0.25, 0.3) is 5.91 Å².